The smallest absolute Gasteiger partial charge is 0.274 e. The predicted molar refractivity (Wildman–Crippen MR) is 102 cm³/mol. The highest BCUT2D eigenvalue weighted by atomic mass is 19.1. The number of benzene rings is 2. The molecule has 1 aromatic heterocycles. The zero-order chi connectivity index (χ0) is 18.5. The minimum absolute atomic E-state index is 0.246. The van der Waals surface area contributed by atoms with Gasteiger partial charge in [0.05, 0.1) is 11.9 Å². The summed E-state index contributed by atoms with van der Waals surface area (Å²) in [5, 5.41) is 6.09. The molecule has 0 radical (unpaired) electrons. The third kappa shape index (κ3) is 4.25. The summed E-state index contributed by atoms with van der Waals surface area (Å²) in [6, 6.07) is 15.6. The van der Waals surface area contributed by atoms with Crippen LogP contribution in [0.3, 0.4) is 0 Å². The highest BCUT2D eigenvalue weighted by molar-refractivity contribution is 6.03. The molecule has 0 saturated heterocycles. The molecule has 4 nitrogen and oxygen atoms in total. The van der Waals surface area contributed by atoms with Gasteiger partial charge in [0.2, 0.25) is 0 Å². The predicted octanol–water partition coefficient (Wildman–Crippen LogP) is 4.70. The lowest BCUT2D eigenvalue weighted by atomic mass is 10.1. The van der Waals surface area contributed by atoms with Crippen molar-refractivity contribution < 1.29 is 9.18 Å². The highest BCUT2D eigenvalue weighted by Gasteiger charge is 2.10. The van der Waals surface area contributed by atoms with E-state index in [0.717, 1.165) is 28.1 Å². The molecule has 132 valence electrons. The lowest BCUT2D eigenvalue weighted by Gasteiger charge is -2.10. The van der Waals surface area contributed by atoms with E-state index < -0.39 is 0 Å². The topological polar surface area (TPSA) is 54.0 Å². The van der Waals surface area contributed by atoms with Crippen molar-refractivity contribution in [3.63, 3.8) is 0 Å². The van der Waals surface area contributed by atoms with E-state index in [2.05, 4.69) is 15.6 Å². The van der Waals surface area contributed by atoms with Gasteiger partial charge in [-0.15, -0.1) is 0 Å². The Hall–Kier alpha value is -3.21. The van der Waals surface area contributed by atoms with Gasteiger partial charge >= 0.3 is 0 Å². The van der Waals surface area contributed by atoms with Crippen LogP contribution in [0.2, 0.25) is 0 Å². The van der Waals surface area contributed by atoms with Crippen LogP contribution in [0.25, 0.3) is 0 Å². The molecule has 3 aromatic rings. The molecule has 0 fully saturated rings. The Bertz CT molecular complexity index is 906. The number of hydrogen-bond acceptors (Lipinski definition) is 3. The van der Waals surface area contributed by atoms with Crippen molar-refractivity contribution >= 4 is 17.3 Å². The number of aromatic nitrogens is 1. The van der Waals surface area contributed by atoms with Gasteiger partial charge in [0.25, 0.3) is 5.91 Å². The summed E-state index contributed by atoms with van der Waals surface area (Å²) in [5.74, 6) is -0.501. The molecule has 3 rings (SSSR count). The summed E-state index contributed by atoms with van der Waals surface area (Å²) in [6.45, 7) is 4.53. The van der Waals surface area contributed by atoms with Crippen molar-refractivity contribution in [1.29, 1.82) is 0 Å². The zero-order valence-corrected chi connectivity index (χ0v) is 14.7. The minimum atomic E-state index is -0.255. The number of nitrogens with one attached hydrogen (secondary N) is 2. The number of anilines is 2. The van der Waals surface area contributed by atoms with Crippen molar-refractivity contribution in [2.45, 2.75) is 20.4 Å². The van der Waals surface area contributed by atoms with E-state index in [-0.39, 0.29) is 11.7 Å². The summed E-state index contributed by atoms with van der Waals surface area (Å²) in [4.78, 5) is 16.6. The van der Waals surface area contributed by atoms with Crippen molar-refractivity contribution in [2.75, 3.05) is 10.6 Å². The first kappa shape index (κ1) is 17.6. The van der Waals surface area contributed by atoms with E-state index in [1.807, 2.05) is 32.0 Å². The molecule has 0 aliphatic carbocycles. The number of carbonyl (C=O) groups is 1. The average Bonchev–Trinajstić information content (AvgIpc) is 2.65. The minimum Gasteiger partial charge on any atom is -0.380 e. The third-order valence-electron chi connectivity index (χ3n) is 4.26. The van der Waals surface area contributed by atoms with E-state index in [1.54, 1.807) is 30.5 Å². The summed E-state index contributed by atoms with van der Waals surface area (Å²) >= 11 is 0. The van der Waals surface area contributed by atoms with E-state index in [4.69, 9.17) is 0 Å². The van der Waals surface area contributed by atoms with Gasteiger partial charge in [0, 0.05) is 12.2 Å². The maximum Gasteiger partial charge on any atom is 0.274 e. The van der Waals surface area contributed by atoms with Crippen molar-refractivity contribution in [1.82, 2.24) is 4.98 Å². The first-order valence-corrected chi connectivity index (χ1v) is 8.35. The molecule has 0 atom stereocenters. The molecular weight excluding hydrogens is 329 g/mol. The molecule has 2 N–H and O–H groups in total. The molecule has 2 aromatic carbocycles. The number of carbonyl (C=O) groups excluding carboxylic acids is 1. The van der Waals surface area contributed by atoms with Crippen LogP contribution < -0.4 is 10.6 Å². The maximum atomic E-state index is 12.9. The summed E-state index contributed by atoms with van der Waals surface area (Å²) in [5.41, 5.74) is 5.05. The van der Waals surface area contributed by atoms with Crippen molar-refractivity contribution in [3.8, 4) is 0 Å². The molecular formula is C21H20FN3O. The second-order valence-electron chi connectivity index (χ2n) is 6.11. The first-order chi connectivity index (χ1) is 12.5. The number of rotatable bonds is 5. The van der Waals surface area contributed by atoms with E-state index in [1.165, 1.54) is 12.1 Å². The van der Waals surface area contributed by atoms with Crippen molar-refractivity contribution in [3.05, 3.63) is 89.0 Å². The normalized spacial score (nSPS) is 10.4. The lowest BCUT2D eigenvalue weighted by Crippen LogP contribution is -2.14. The van der Waals surface area contributed by atoms with Gasteiger partial charge in [-0.25, -0.2) is 9.37 Å². The fourth-order valence-corrected chi connectivity index (χ4v) is 2.51. The summed E-state index contributed by atoms with van der Waals surface area (Å²) < 4.78 is 12.9. The maximum absolute atomic E-state index is 12.9. The largest absolute Gasteiger partial charge is 0.380 e. The molecule has 0 aliphatic heterocycles. The van der Waals surface area contributed by atoms with Gasteiger partial charge in [-0.2, -0.15) is 0 Å². The van der Waals surface area contributed by atoms with Crippen LogP contribution in [0.4, 0.5) is 15.8 Å². The van der Waals surface area contributed by atoms with Crippen molar-refractivity contribution in [2.24, 2.45) is 0 Å². The standard InChI is InChI=1S/C21H20FN3O/c1-14-4-3-5-19(15(14)2)25-21(26)20-11-10-18(13-24-20)23-12-16-6-8-17(22)9-7-16/h3-11,13,23H,12H2,1-2H3,(H,25,26). The quantitative estimate of drug-likeness (QED) is 0.702. The number of aryl methyl sites for hydroxylation is 1. The second-order valence-corrected chi connectivity index (χ2v) is 6.11. The fourth-order valence-electron chi connectivity index (χ4n) is 2.51. The van der Waals surface area contributed by atoms with Gasteiger partial charge in [-0.1, -0.05) is 24.3 Å². The van der Waals surface area contributed by atoms with Gasteiger partial charge in [-0.3, -0.25) is 4.79 Å². The monoisotopic (exact) mass is 349 g/mol. The second kappa shape index (κ2) is 7.78. The van der Waals surface area contributed by atoms with Gasteiger partial charge < -0.3 is 10.6 Å². The van der Waals surface area contributed by atoms with Gasteiger partial charge in [0.1, 0.15) is 11.5 Å². The van der Waals surface area contributed by atoms with E-state index in [9.17, 15) is 9.18 Å². The summed E-state index contributed by atoms with van der Waals surface area (Å²) in [7, 11) is 0. The van der Waals surface area contributed by atoms with E-state index >= 15 is 0 Å². The molecule has 0 saturated carbocycles. The Balaban J connectivity index is 1.62. The first-order valence-electron chi connectivity index (χ1n) is 8.35. The average molecular weight is 349 g/mol. The van der Waals surface area contributed by atoms with E-state index in [0.29, 0.717) is 12.2 Å². The Labute approximate surface area is 152 Å². The Morgan fingerprint density at radius 3 is 2.50 bits per heavy atom. The third-order valence-corrected chi connectivity index (χ3v) is 4.26. The lowest BCUT2D eigenvalue weighted by molar-refractivity contribution is 0.102. The fraction of sp³-hybridized carbons (Fsp3) is 0.143. The van der Waals surface area contributed by atoms with Crippen LogP contribution in [0.5, 0.6) is 0 Å². The van der Waals surface area contributed by atoms with Gasteiger partial charge in [0.15, 0.2) is 0 Å². The van der Waals surface area contributed by atoms with Gasteiger partial charge in [-0.05, 0) is 60.9 Å². The number of halogens is 1. The highest BCUT2D eigenvalue weighted by Crippen LogP contribution is 2.19. The SMILES string of the molecule is Cc1cccc(NC(=O)c2ccc(NCc3ccc(F)cc3)cn2)c1C. The zero-order valence-electron chi connectivity index (χ0n) is 14.7. The van der Waals surface area contributed by atoms with Crippen LogP contribution in [0.15, 0.2) is 60.8 Å². The van der Waals surface area contributed by atoms with Crippen LogP contribution in [0.1, 0.15) is 27.2 Å². The molecule has 0 aliphatic rings. The molecule has 5 heteroatoms. The van der Waals surface area contributed by atoms with Crippen LogP contribution in [-0.2, 0) is 6.54 Å². The molecule has 0 bridgehead atoms. The molecule has 0 spiro atoms. The number of amides is 1. The Morgan fingerprint density at radius 1 is 1.04 bits per heavy atom. The number of hydrogen-bond donors (Lipinski definition) is 2. The van der Waals surface area contributed by atoms with Crippen LogP contribution in [0, 0.1) is 19.7 Å². The number of pyridine rings is 1. The number of nitrogens with zero attached hydrogens (tertiary/aromatic N) is 1. The molecule has 0 unspecified atom stereocenters. The Kier molecular flexibility index (Phi) is 5.27. The molecule has 1 heterocycles. The van der Waals surface area contributed by atoms with Crippen LogP contribution in [-0.4, -0.2) is 10.9 Å². The summed E-state index contributed by atoms with van der Waals surface area (Å²) in [6.07, 6.45) is 1.61. The molecule has 26 heavy (non-hydrogen) atoms. The van der Waals surface area contributed by atoms with Crippen LogP contribution >= 0.6 is 0 Å². The molecule has 1 amide bonds. The Morgan fingerprint density at radius 2 is 1.81 bits per heavy atom.